The minimum atomic E-state index is -0.180. The Morgan fingerprint density at radius 2 is 1.96 bits per heavy atom. The molecular weight excluding hydrogens is 372 g/mol. The molecular formula is C21H22N4O2S. The Kier molecular flexibility index (Phi) is 6.00. The van der Waals surface area contributed by atoms with Crippen molar-refractivity contribution in [2.45, 2.75) is 31.2 Å². The number of rotatable bonds is 5. The summed E-state index contributed by atoms with van der Waals surface area (Å²) < 4.78 is 0. The van der Waals surface area contributed by atoms with Crippen molar-refractivity contribution < 1.29 is 9.59 Å². The molecule has 3 rings (SSSR count). The summed E-state index contributed by atoms with van der Waals surface area (Å²) in [6, 6.07) is 9.02. The fraction of sp³-hybridized carbons (Fsp3) is 0.333. The van der Waals surface area contributed by atoms with E-state index in [4.69, 9.17) is 0 Å². The lowest BCUT2D eigenvalue weighted by atomic mass is 10.0. The Labute approximate surface area is 169 Å². The second-order valence-electron chi connectivity index (χ2n) is 6.92. The molecule has 1 aromatic heterocycles. The van der Waals surface area contributed by atoms with Gasteiger partial charge in [0.2, 0.25) is 5.91 Å². The third-order valence-electron chi connectivity index (χ3n) is 4.74. The predicted molar refractivity (Wildman–Crippen MR) is 110 cm³/mol. The Hall–Kier alpha value is -2.85. The minimum absolute atomic E-state index is 0.0875. The lowest BCUT2D eigenvalue weighted by molar-refractivity contribution is -0.113. The van der Waals surface area contributed by atoms with Crippen molar-refractivity contribution in [2.75, 3.05) is 25.2 Å². The third-order valence-corrected chi connectivity index (χ3v) is 5.72. The van der Waals surface area contributed by atoms with Crippen molar-refractivity contribution in [1.29, 1.82) is 5.26 Å². The molecule has 144 valence electrons. The van der Waals surface area contributed by atoms with E-state index in [0.29, 0.717) is 21.8 Å². The summed E-state index contributed by atoms with van der Waals surface area (Å²) in [4.78, 5) is 30.4. The van der Waals surface area contributed by atoms with Gasteiger partial charge in [0, 0.05) is 31.0 Å². The number of aryl methyl sites for hydroxylation is 1. The molecule has 0 aliphatic heterocycles. The highest BCUT2D eigenvalue weighted by atomic mass is 32.2. The first-order chi connectivity index (χ1) is 13.4. The summed E-state index contributed by atoms with van der Waals surface area (Å²) in [5.74, 6) is -0.103. The summed E-state index contributed by atoms with van der Waals surface area (Å²) in [5, 5.41) is 13.0. The molecule has 6 nitrogen and oxygen atoms in total. The van der Waals surface area contributed by atoms with E-state index in [9.17, 15) is 14.9 Å². The quantitative estimate of drug-likeness (QED) is 0.787. The molecule has 0 atom stereocenters. The van der Waals surface area contributed by atoms with Crippen LogP contribution in [0.3, 0.4) is 0 Å². The molecule has 0 unspecified atom stereocenters. The van der Waals surface area contributed by atoms with Gasteiger partial charge in [-0.3, -0.25) is 9.59 Å². The summed E-state index contributed by atoms with van der Waals surface area (Å²) in [6.45, 7) is 1.96. The molecule has 0 saturated heterocycles. The SMILES string of the molecule is Cc1c(C#N)c(SCC(=O)Nc2ccc(C(=O)N(C)C)cc2)nc2c1CCC2. The first kappa shape index (κ1) is 19.9. The average Bonchev–Trinajstić information content (AvgIpc) is 3.15. The number of anilines is 1. The summed E-state index contributed by atoms with van der Waals surface area (Å²) in [7, 11) is 3.39. The summed E-state index contributed by atoms with van der Waals surface area (Å²) >= 11 is 1.28. The molecule has 0 spiro atoms. The van der Waals surface area contributed by atoms with Crippen molar-refractivity contribution >= 4 is 29.3 Å². The van der Waals surface area contributed by atoms with Crippen LogP contribution in [0.2, 0.25) is 0 Å². The van der Waals surface area contributed by atoms with E-state index in [-0.39, 0.29) is 17.6 Å². The van der Waals surface area contributed by atoms with E-state index < -0.39 is 0 Å². The molecule has 7 heteroatoms. The number of benzene rings is 1. The van der Waals surface area contributed by atoms with Crippen LogP contribution in [0.15, 0.2) is 29.3 Å². The zero-order chi connectivity index (χ0) is 20.3. The Morgan fingerprint density at radius 1 is 1.25 bits per heavy atom. The summed E-state index contributed by atoms with van der Waals surface area (Å²) in [6.07, 6.45) is 2.97. The smallest absolute Gasteiger partial charge is 0.253 e. The highest BCUT2D eigenvalue weighted by molar-refractivity contribution is 8.00. The van der Waals surface area contributed by atoms with E-state index in [1.54, 1.807) is 38.4 Å². The lowest BCUT2D eigenvalue weighted by Crippen LogP contribution is -2.21. The maximum atomic E-state index is 12.3. The van der Waals surface area contributed by atoms with Gasteiger partial charge < -0.3 is 10.2 Å². The number of hydrogen-bond donors (Lipinski definition) is 1. The van der Waals surface area contributed by atoms with E-state index in [1.165, 1.54) is 22.2 Å². The number of nitrogens with zero attached hydrogens (tertiary/aromatic N) is 3. The second kappa shape index (κ2) is 8.44. The van der Waals surface area contributed by atoms with Crippen LogP contribution in [0.5, 0.6) is 0 Å². The van der Waals surface area contributed by atoms with Crippen molar-refractivity contribution in [3.63, 3.8) is 0 Å². The van der Waals surface area contributed by atoms with Gasteiger partial charge in [-0.15, -0.1) is 0 Å². The number of amides is 2. The molecule has 2 amide bonds. The van der Waals surface area contributed by atoms with E-state index in [0.717, 1.165) is 30.5 Å². The van der Waals surface area contributed by atoms with Gasteiger partial charge in [-0.1, -0.05) is 11.8 Å². The molecule has 1 aliphatic rings. The summed E-state index contributed by atoms with van der Waals surface area (Å²) in [5.41, 5.74) is 5.01. The van der Waals surface area contributed by atoms with E-state index >= 15 is 0 Å². The first-order valence-corrected chi connectivity index (χ1v) is 10.1. The zero-order valence-electron chi connectivity index (χ0n) is 16.2. The fourth-order valence-corrected chi connectivity index (χ4v) is 4.12. The van der Waals surface area contributed by atoms with E-state index in [1.807, 2.05) is 6.92 Å². The second-order valence-corrected chi connectivity index (χ2v) is 7.89. The van der Waals surface area contributed by atoms with Crippen molar-refractivity contribution in [1.82, 2.24) is 9.88 Å². The van der Waals surface area contributed by atoms with E-state index in [2.05, 4.69) is 16.4 Å². The molecule has 1 N–H and O–H groups in total. The molecule has 0 bridgehead atoms. The van der Waals surface area contributed by atoms with Crippen LogP contribution < -0.4 is 5.32 Å². The maximum absolute atomic E-state index is 12.3. The Balaban J connectivity index is 1.65. The van der Waals surface area contributed by atoms with Gasteiger partial charge in [0.05, 0.1) is 11.3 Å². The highest BCUT2D eigenvalue weighted by Crippen LogP contribution is 2.31. The Morgan fingerprint density at radius 3 is 2.61 bits per heavy atom. The van der Waals surface area contributed by atoms with Crippen LogP contribution in [0.1, 0.15) is 39.2 Å². The van der Waals surface area contributed by atoms with Gasteiger partial charge in [0.1, 0.15) is 11.1 Å². The van der Waals surface area contributed by atoms with Gasteiger partial charge >= 0.3 is 0 Å². The fourth-order valence-electron chi connectivity index (χ4n) is 3.27. The Bertz CT molecular complexity index is 962. The number of fused-ring (bicyclic) bond motifs is 1. The average molecular weight is 395 g/mol. The zero-order valence-corrected chi connectivity index (χ0v) is 17.0. The van der Waals surface area contributed by atoms with Gasteiger partial charge in [0.15, 0.2) is 0 Å². The predicted octanol–water partition coefficient (Wildman–Crippen LogP) is 3.18. The molecule has 1 aromatic carbocycles. The monoisotopic (exact) mass is 394 g/mol. The van der Waals surface area contributed by atoms with Crippen molar-refractivity contribution in [3.8, 4) is 6.07 Å². The van der Waals surface area contributed by atoms with Crippen LogP contribution in [0, 0.1) is 18.3 Å². The number of hydrogen-bond acceptors (Lipinski definition) is 5. The lowest BCUT2D eigenvalue weighted by Gasteiger charge is -2.12. The normalized spacial score (nSPS) is 12.2. The van der Waals surface area contributed by atoms with Gasteiger partial charge in [-0.05, 0) is 61.6 Å². The van der Waals surface area contributed by atoms with Gasteiger partial charge in [0.25, 0.3) is 5.91 Å². The van der Waals surface area contributed by atoms with Crippen LogP contribution in [0.25, 0.3) is 0 Å². The number of carbonyl (C=O) groups is 2. The first-order valence-electron chi connectivity index (χ1n) is 9.07. The van der Waals surface area contributed by atoms with Crippen LogP contribution in [0.4, 0.5) is 5.69 Å². The third kappa shape index (κ3) is 4.18. The number of thioether (sulfide) groups is 1. The molecule has 2 aromatic rings. The molecule has 0 radical (unpaired) electrons. The molecule has 28 heavy (non-hydrogen) atoms. The standard InChI is InChI=1S/C21H22N4O2S/c1-13-16-5-4-6-18(16)24-20(17(13)11-22)28-12-19(26)23-15-9-7-14(8-10-15)21(27)25(2)3/h7-10H,4-6,12H2,1-3H3,(H,23,26). The largest absolute Gasteiger partial charge is 0.345 e. The minimum Gasteiger partial charge on any atom is -0.345 e. The molecule has 1 heterocycles. The van der Waals surface area contributed by atoms with Gasteiger partial charge in [-0.25, -0.2) is 4.98 Å². The molecule has 0 saturated carbocycles. The molecule has 0 fully saturated rings. The van der Waals surface area contributed by atoms with Crippen LogP contribution in [-0.2, 0) is 17.6 Å². The number of aromatic nitrogens is 1. The van der Waals surface area contributed by atoms with Crippen LogP contribution in [-0.4, -0.2) is 41.5 Å². The van der Waals surface area contributed by atoms with Gasteiger partial charge in [-0.2, -0.15) is 5.26 Å². The maximum Gasteiger partial charge on any atom is 0.253 e. The van der Waals surface area contributed by atoms with Crippen molar-refractivity contribution in [3.05, 3.63) is 52.2 Å². The highest BCUT2D eigenvalue weighted by Gasteiger charge is 2.21. The number of nitriles is 1. The number of carbonyl (C=O) groups excluding carboxylic acids is 2. The number of pyridine rings is 1. The topological polar surface area (TPSA) is 86.1 Å². The van der Waals surface area contributed by atoms with Crippen molar-refractivity contribution in [2.24, 2.45) is 0 Å². The molecule has 1 aliphatic carbocycles. The number of nitrogens with one attached hydrogen (secondary N) is 1. The van der Waals surface area contributed by atoms with Crippen LogP contribution >= 0.6 is 11.8 Å².